The standard InChI is InChI=1S/C21H20N2O4/c1-21(12-14-4-2-3-5-17(14)19(25)27-21)20(26)23-16-10-8-15(9-11-16)22-18(24)13-6-7-13/h2-5,8-11,13H,6-7,12H2,1H3,(H,22,24)(H,23,26)/t21-/m1/s1. The number of benzene rings is 2. The molecule has 0 aromatic heterocycles. The van der Waals surface area contributed by atoms with E-state index in [1.54, 1.807) is 43.3 Å². The van der Waals surface area contributed by atoms with Crippen molar-refractivity contribution in [1.82, 2.24) is 0 Å². The highest BCUT2D eigenvalue weighted by atomic mass is 16.6. The summed E-state index contributed by atoms with van der Waals surface area (Å²) in [6.45, 7) is 1.61. The molecule has 2 aliphatic rings. The number of carbonyl (C=O) groups excluding carboxylic acids is 3. The molecule has 6 nitrogen and oxygen atoms in total. The normalized spacial score (nSPS) is 21.0. The van der Waals surface area contributed by atoms with Crippen LogP contribution in [0.2, 0.25) is 0 Å². The van der Waals surface area contributed by atoms with Gasteiger partial charge in [-0.2, -0.15) is 0 Å². The van der Waals surface area contributed by atoms with Gasteiger partial charge in [-0.05, 0) is 55.7 Å². The fourth-order valence-corrected chi connectivity index (χ4v) is 3.15. The second-order valence-electron chi connectivity index (χ2n) is 7.25. The first-order chi connectivity index (χ1) is 12.9. The summed E-state index contributed by atoms with van der Waals surface area (Å²) in [7, 11) is 0. The van der Waals surface area contributed by atoms with E-state index in [-0.39, 0.29) is 17.7 Å². The first-order valence-corrected chi connectivity index (χ1v) is 8.98. The van der Waals surface area contributed by atoms with Crippen LogP contribution >= 0.6 is 0 Å². The van der Waals surface area contributed by atoms with Gasteiger partial charge in [-0.25, -0.2) is 4.79 Å². The highest BCUT2D eigenvalue weighted by molar-refractivity contribution is 6.02. The molecule has 1 saturated carbocycles. The SMILES string of the molecule is C[C@]1(C(=O)Nc2ccc(NC(=O)C3CC3)cc2)Cc2ccccc2C(=O)O1. The van der Waals surface area contributed by atoms with Crippen molar-refractivity contribution in [3.8, 4) is 0 Å². The summed E-state index contributed by atoms with van der Waals surface area (Å²) in [5, 5.41) is 5.64. The van der Waals surface area contributed by atoms with Gasteiger partial charge in [0.05, 0.1) is 5.56 Å². The molecule has 2 aromatic carbocycles. The van der Waals surface area contributed by atoms with E-state index >= 15 is 0 Å². The molecule has 1 heterocycles. The molecule has 138 valence electrons. The van der Waals surface area contributed by atoms with Gasteiger partial charge in [0.1, 0.15) is 0 Å². The number of anilines is 2. The fourth-order valence-electron chi connectivity index (χ4n) is 3.15. The van der Waals surface area contributed by atoms with Crippen LogP contribution in [0.25, 0.3) is 0 Å². The molecule has 0 unspecified atom stereocenters. The lowest BCUT2D eigenvalue weighted by Crippen LogP contribution is -2.48. The van der Waals surface area contributed by atoms with Gasteiger partial charge in [-0.1, -0.05) is 18.2 Å². The zero-order chi connectivity index (χ0) is 19.0. The largest absolute Gasteiger partial charge is 0.445 e. The number of ether oxygens (including phenoxy) is 1. The average molecular weight is 364 g/mol. The Morgan fingerprint density at radius 2 is 1.63 bits per heavy atom. The Hall–Kier alpha value is -3.15. The summed E-state index contributed by atoms with van der Waals surface area (Å²) < 4.78 is 5.44. The van der Waals surface area contributed by atoms with E-state index in [0.717, 1.165) is 18.4 Å². The number of hydrogen-bond donors (Lipinski definition) is 2. The Bertz CT molecular complexity index is 918. The highest BCUT2D eigenvalue weighted by Crippen LogP contribution is 2.31. The first-order valence-electron chi connectivity index (χ1n) is 8.98. The maximum Gasteiger partial charge on any atom is 0.339 e. The van der Waals surface area contributed by atoms with Crippen molar-refractivity contribution in [3.63, 3.8) is 0 Å². The Labute approximate surface area is 156 Å². The van der Waals surface area contributed by atoms with Crippen molar-refractivity contribution in [1.29, 1.82) is 0 Å². The van der Waals surface area contributed by atoms with Gasteiger partial charge < -0.3 is 15.4 Å². The van der Waals surface area contributed by atoms with E-state index in [2.05, 4.69) is 10.6 Å². The van der Waals surface area contributed by atoms with Gasteiger partial charge in [-0.15, -0.1) is 0 Å². The highest BCUT2D eigenvalue weighted by Gasteiger charge is 2.42. The van der Waals surface area contributed by atoms with E-state index in [9.17, 15) is 14.4 Å². The fraction of sp³-hybridized carbons (Fsp3) is 0.286. The topological polar surface area (TPSA) is 84.5 Å². The van der Waals surface area contributed by atoms with Crippen LogP contribution in [0.15, 0.2) is 48.5 Å². The van der Waals surface area contributed by atoms with E-state index in [1.165, 1.54) is 0 Å². The van der Waals surface area contributed by atoms with Gasteiger partial charge in [0.25, 0.3) is 5.91 Å². The molecule has 0 radical (unpaired) electrons. The van der Waals surface area contributed by atoms with Gasteiger partial charge >= 0.3 is 5.97 Å². The third-order valence-corrected chi connectivity index (χ3v) is 4.92. The number of nitrogens with one attached hydrogen (secondary N) is 2. The van der Waals surface area contributed by atoms with Gasteiger partial charge in [-0.3, -0.25) is 9.59 Å². The summed E-state index contributed by atoms with van der Waals surface area (Å²) in [4.78, 5) is 36.8. The second kappa shape index (κ2) is 6.54. The van der Waals surface area contributed by atoms with Crippen molar-refractivity contribution in [2.75, 3.05) is 10.6 Å². The molecular weight excluding hydrogens is 344 g/mol. The molecule has 0 bridgehead atoms. The van der Waals surface area contributed by atoms with Crippen LogP contribution in [0.3, 0.4) is 0 Å². The minimum absolute atomic E-state index is 0.0343. The third-order valence-electron chi connectivity index (χ3n) is 4.92. The monoisotopic (exact) mass is 364 g/mol. The quantitative estimate of drug-likeness (QED) is 0.816. The zero-order valence-corrected chi connectivity index (χ0v) is 15.0. The van der Waals surface area contributed by atoms with Crippen molar-refractivity contribution < 1.29 is 19.1 Å². The molecule has 4 rings (SSSR count). The van der Waals surface area contributed by atoms with Crippen LogP contribution in [0, 0.1) is 5.92 Å². The number of fused-ring (bicyclic) bond motifs is 1. The lowest BCUT2D eigenvalue weighted by Gasteiger charge is -2.33. The molecule has 2 N–H and O–H groups in total. The number of cyclic esters (lactones) is 1. The van der Waals surface area contributed by atoms with Crippen molar-refractivity contribution in [2.24, 2.45) is 5.92 Å². The van der Waals surface area contributed by atoms with Crippen LogP contribution in [-0.4, -0.2) is 23.4 Å². The number of amides is 2. The van der Waals surface area contributed by atoms with Crippen LogP contribution in [0.5, 0.6) is 0 Å². The van der Waals surface area contributed by atoms with Crippen molar-refractivity contribution in [3.05, 3.63) is 59.7 Å². The zero-order valence-electron chi connectivity index (χ0n) is 15.0. The molecule has 6 heteroatoms. The first kappa shape index (κ1) is 17.3. The second-order valence-corrected chi connectivity index (χ2v) is 7.25. The number of hydrogen-bond acceptors (Lipinski definition) is 4. The maximum absolute atomic E-state index is 12.7. The number of rotatable bonds is 4. The molecular formula is C21H20N2O4. The van der Waals surface area contributed by atoms with Crippen LogP contribution in [-0.2, 0) is 20.7 Å². The minimum Gasteiger partial charge on any atom is -0.445 e. The van der Waals surface area contributed by atoms with Gasteiger partial charge in [0, 0.05) is 23.7 Å². The Kier molecular flexibility index (Phi) is 4.18. The molecule has 0 spiro atoms. The lowest BCUT2D eigenvalue weighted by molar-refractivity contribution is -0.134. The van der Waals surface area contributed by atoms with Crippen molar-refractivity contribution >= 4 is 29.2 Å². The minimum atomic E-state index is -1.27. The van der Waals surface area contributed by atoms with Crippen LogP contribution in [0.1, 0.15) is 35.7 Å². The van der Waals surface area contributed by atoms with E-state index in [1.807, 2.05) is 12.1 Å². The Morgan fingerprint density at radius 1 is 1.00 bits per heavy atom. The number of carbonyl (C=O) groups is 3. The smallest absolute Gasteiger partial charge is 0.339 e. The molecule has 1 aliphatic heterocycles. The maximum atomic E-state index is 12.7. The lowest BCUT2D eigenvalue weighted by atomic mass is 9.89. The Morgan fingerprint density at radius 3 is 2.30 bits per heavy atom. The summed E-state index contributed by atoms with van der Waals surface area (Å²) >= 11 is 0. The van der Waals surface area contributed by atoms with Crippen molar-refractivity contribution in [2.45, 2.75) is 31.8 Å². The molecule has 2 amide bonds. The van der Waals surface area contributed by atoms with E-state index in [0.29, 0.717) is 23.4 Å². The van der Waals surface area contributed by atoms with E-state index in [4.69, 9.17) is 4.74 Å². The van der Waals surface area contributed by atoms with E-state index < -0.39 is 11.6 Å². The molecule has 1 aliphatic carbocycles. The molecule has 27 heavy (non-hydrogen) atoms. The molecule has 1 fully saturated rings. The molecule has 2 aromatic rings. The average Bonchev–Trinajstić information content (AvgIpc) is 3.48. The molecule has 1 atom stereocenters. The van der Waals surface area contributed by atoms with Crippen LogP contribution < -0.4 is 10.6 Å². The van der Waals surface area contributed by atoms with Gasteiger partial charge in [0.2, 0.25) is 5.91 Å². The Balaban J connectivity index is 1.44. The summed E-state index contributed by atoms with van der Waals surface area (Å²) in [5.74, 6) is -0.715. The third kappa shape index (κ3) is 3.56. The predicted octanol–water partition coefficient (Wildman–Crippen LogP) is 3.15. The summed E-state index contributed by atoms with van der Waals surface area (Å²) in [5.41, 5.74) is 1.28. The van der Waals surface area contributed by atoms with Gasteiger partial charge in [0.15, 0.2) is 5.60 Å². The summed E-state index contributed by atoms with van der Waals surface area (Å²) in [6.07, 6.45) is 2.21. The summed E-state index contributed by atoms with van der Waals surface area (Å²) in [6, 6.07) is 14.0. The van der Waals surface area contributed by atoms with Crippen LogP contribution in [0.4, 0.5) is 11.4 Å². The number of esters is 1. The molecule has 0 saturated heterocycles. The predicted molar refractivity (Wildman–Crippen MR) is 100 cm³/mol.